The molecule has 0 saturated heterocycles. The van der Waals surface area contributed by atoms with Crippen molar-refractivity contribution in [3.8, 4) is 0 Å². The molecule has 1 aliphatic carbocycles. The van der Waals surface area contributed by atoms with Gasteiger partial charge in [0.2, 0.25) is 5.91 Å². The summed E-state index contributed by atoms with van der Waals surface area (Å²) >= 11 is 0. The van der Waals surface area contributed by atoms with Crippen molar-refractivity contribution in [3.05, 3.63) is 12.2 Å². The summed E-state index contributed by atoms with van der Waals surface area (Å²) in [6.07, 6.45) is 7.23. The predicted octanol–water partition coefficient (Wildman–Crippen LogP) is 1.23. The van der Waals surface area contributed by atoms with Crippen molar-refractivity contribution in [2.45, 2.75) is 38.7 Å². The Hall–Kier alpha value is -0.830. The molecule has 0 fully saturated rings. The summed E-state index contributed by atoms with van der Waals surface area (Å²) in [6, 6.07) is 0. The van der Waals surface area contributed by atoms with Crippen LogP contribution in [0.4, 0.5) is 0 Å². The molecule has 14 heavy (non-hydrogen) atoms. The Bertz CT molecular complexity index is 213. The molecule has 2 N–H and O–H groups in total. The van der Waals surface area contributed by atoms with Crippen LogP contribution in [0.5, 0.6) is 0 Å². The average Bonchev–Trinajstić information content (AvgIpc) is 2.26. The highest BCUT2D eigenvalue weighted by atomic mass is 16.3. The fourth-order valence-electron chi connectivity index (χ4n) is 1.54. The van der Waals surface area contributed by atoms with Gasteiger partial charge in [0.05, 0.1) is 6.10 Å². The summed E-state index contributed by atoms with van der Waals surface area (Å²) in [4.78, 5) is 11.6. The molecule has 0 aromatic rings. The Morgan fingerprint density at radius 1 is 1.64 bits per heavy atom. The molecule has 2 unspecified atom stereocenters. The van der Waals surface area contributed by atoms with Gasteiger partial charge in [-0.25, -0.2) is 0 Å². The third-order valence-corrected chi connectivity index (χ3v) is 2.62. The summed E-state index contributed by atoms with van der Waals surface area (Å²) in [6.45, 7) is 2.29. The normalized spacial score (nSPS) is 23.1. The zero-order chi connectivity index (χ0) is 10.4. The number of allylic oxidation sites excluding steroid dienone is 2. The van der Waals surface area contributed by atoms with Gasteiger partial charge < -0.3 is 10.4 Å². The van der Waals surface area contributed by atoms with E-state index < -0.39 is 6.10 Å². The lowest BCUT2D eigenvalue weighted by Gasteiger charge is -2.18. The summed E-state index contributed by atoms with van der Waals surface area (Å²) < 4.78 is 0. The number of aliphatic hydroxyl groups excluding tert-OH is 1. The topological polar surface area (TPSA) is 49.3 Å². The molecule has 0 bridgehead atoms. The highest BCUT2D eigenvalue weighted by Gasteiger charge is 2.18. The molecule has 2 atom stereocenters. The van der Waals surface area contributed by atoms with Crippen molar-refractivity contribution >= 4 is 5.91 Å². The molecular formula is C11H19NO2. The molecule has 0 radical (unpaired) electrons. The zero-order valence-corrected chi connectivity index (χ0v) is 8.70. The number of nitrogens with one attached hydrogen (secondary N) is 1. The molecule has 80 valence electrons. The predicted molar refractivity (Wildman–Crippen MR) is 55.8 cm³/mol. The van der Waals surface area contributed by atoms with Crippen LogP contribution in [-0.4, -0.2) is 23.7 Å². The van der Waals surface area contributed by atoms with Crippen molar-refractivity contribution in [1.29, 1.82) is 0 Å². The largest absolute Gasteiger partial charge is 0.391 e. The Kier molecular flexibility index (Phi) is 4.66. The molecule has 1 rings (SSSR count). The molecule has 0 aromatic carbocycles. The molecular weight excluding hydrogens is 178 g/mol. The molecule has 0 heterocycles. The molecule has 1 aliphatic rings. The molecule has 3 heteroatoms. The van der Waals surface area contributed by atoms with Crippen LogP contribution >= 0.6 is 0 Å². The van der Waals surface area contributed by atoms with E-state index in [9.17, 15) is 9.90 Å². The Morgan fingerprint density at radius 2 is 2.43 bits per heavy atom. The fourth-order valence-corrected chi connectivity index (χ4v) is 1.54. The third-order valence-electron chi connectivity index (χ3n) is 2.62. The summed E-state index contributed by atoms with van der Waals surface area (Å²) in [5, 5.41) is 12.1. The quantitative estimate of drug-likeness (QED) is 0.666. The molecule has 0 aromatic heterocycles. The van der Waals surface area contributed by atoms with Crippen LogP contribution in [0.2, 0.25) is 0 Å². The summed E-state index contributed by atoms with van der Waals surface area (Å²) in [5.74, 6) is 0.200. The van der Waals surface area contributed by atoms with Crippen LogP contribution in [0.15, 0.2) is 12.2 Å². The van der Waals surface area contributed by atoms with Gasteiger partial charge >= 0.3 is 0 Å². The van der Waals surface area contributed by atoms with E-state index in [-0.39, 0.29) is 11.8 Å². The van der Waals surface area contributed by atoms with Crippen molar-refractivity contribution in [2.75, 3.05) is 6.54 Å². The van der Waals surface area contributed by atoms with E-state index >= 15 is 0 Å². The average molecular weight is 197 g/mol. The second-order valence-corrected chi connectivity index (χ2v) is 3.79. The van der Waals surface area contributed by atoms with Gasteiger partial charge in [0.25, 0.3) is 0 Å². The van der Waals surface area contributed by atoms with Crippen molar-refractivity contribution in [3.63, 3.8) is 0 Å². The maximum atomic E-state index is 11.6. The first-order valence-corrected chi connectivity index (χ1v) is 5.34. The van der Waals surface area contributed by atoms with Crippen LogP contribution in [0, 0.1) is 5.92 Å². The number of carbonyl (C=O) groups excluding carboxylic acids is 1. The molecule has 3 nitrogen and oxygen atoms in total. The lowest BCUT2D eigenvalue weighted by molar-refractivity contribution is -0.125. The summed E-state index contributed by atoms with van der Waals surface area (Å²) in [7, 11) is 0. The van der Waals surface area contributed by atoms with Gasteiger partial charge in [-0.3, -0.25) is 4.79 Å². The van der Waals surface area contributed by atoms with Crippen LogP contribution in [0.25, 0.3) is 0 Å². The van der Waals surface area contributed by atoms with E-state index in [0.717, 1.165) is 19.3 Å². The van der Waals surface area contributed by atoms with Crippen molar-refractivity contribution in [2.24, 2.45) is 5.92 Å². The first-order chi connectivity index (χ1) is 6.74. The fraction of sp³-hybridized carbons (Fsp3) is 0.727. The number of carbonyl (C=O) groups is 1. The smallest absolute Gasteiger partial charge is 0.223 e. The van der Waals surface area contributed by atoms with Crippen LogP contribution < -0.4 is 5.32 Å². The van der Waals surface area contributed by atoms with Crippen LogP contribution in [-0.2, 0) is 4.79 Å². The highest BCUT2D eigenvalue weighted by Crippen LogP contribution is 2.17. The number of rotatable bonds is 4. The van der Waals surface area contributed by atoms with Crippen molar-refractivity contribution in [1.82, 2.24) is 5.32 Å². The number of aliphatic hydroxyl groups is 1. The van der Waals surface area contributed by atoms with Gasteiger partial charge in [-0.2, -0.15) is 0 Å². The molecule has 0 saturated carbocycles. The highest BCUT2D eigenvalue weighted by molar-refractivity contribution is 5.78. The van der Waals surface area contributed by atoms with Gasteiger partial charge in [0.1, 0.15) is 0 Å². The minimum atomic E-state index is -0.405. The number of hydrogen-bond acceptors (Lipinski definition) is 2. The number of hydrogen-bond donors (Lipinski definition) is 2. The molecule has 0 aliphatic heterocycles. The lowest BCUT2D eigenvalue weighted by Crippen LogP contribution is -2.36. The second kappa shape index (κ2) is 5.81. The Balaban J connectivity index is 2.24. The van der Waals surface area contributed by atoms with E-state index in [0.29, 0.717) is 13.0 Å². The number of amides is 1. The van der Waals surface area contributed by atoms with E-state index in [1.165, 1.54) is 0 Å². The lowest BCUT2D eigenvalue weighted by atomic mass is 9.93. The van der Waals surface area contributed by atoms with Gasteiger partial charge in [0, 0.05) is 12.5 Å². The summed E-state index contributed by atoms with van der Waals surface area (Å²) in [5.41, 5.74) is 0. The maximum Gasteiger partial charge on any atom is 0.223 e. The van der Waals surface area contributed by atoms with Gasteiger partial charge in [-0.05, 0) is 25.7 Å². The standard InChI is InChI=1S/C11H19NO2/c1-2-10(13)8-12-11(14)9-6-4-3-5-7-9/h3-4,9-10,13H,2,5-8H2,1H3,(H,12,14). The Labute approximate surface area is 85.2 Å². The maximum absolute atomic E-state index is 11.6. The monoisotopic (exact) mass is 197 g/mol. The van der Waals surface area contributed by atoms with E-state index in [1.807, 2.05) is 6.92 Å². The third kappa shape index (κ3) is 3.50. The van der Waals surface area contributed by atoms with Crippen LogP contribution in [0.1, 0.15) is 32.6 Å². The molecule has 0 spiro atoms. The second-order valence-electron chi connectivity index (χ2n) is 3.79. The first kappa shape index (κ1) is 11.2. The van der Waals surface area contributed by atoms with Gasteiger partial charge in [-0.1, -0.05) is 19.1 Å². The van der Waals surface area contributed by atoms with E-state index in [1.54, 1.807) is 0 Å². The minimum absolute atomic E-state index is 0.0850. The van der Waals surface area contributed by atoms with Gasteiger partial charge in [0.15, 0.2) is 0 Å². The first-order valence-electron chi connectivity index (χ1n) is 5.34. The van der Waals surface area contributed by atoms with E-state index in [4.69, 9.17) is 0 Å². The molecule has 1 amide bonds. The SMILES string of the molecule is CCC(O)CNC(=O)C1CC=CCC1. The Morgan fingerprint density at radius 3 is 3.00 bits per heavy atom. The van der Waals surface area contributed by atoms with Gasteiger partial charge in [-0.15, -0.1) is 0 Å². The van der Waals surface area contributed by atoms with Crippen molar-refractivity contribution < 1.29 is 9.90 Å². The van der Waals surface area contributed by atoms with E-state index in [2.05, 4.69) is 17.5 Å². The minimum Gasteiger partial charge on any atom is -0.391 e. The zero-order valence-electron chi connectivity index (χ0n) is 8.70. The van der Waals surface area contributed by atoms with Crippen LogP contribution in [0.3, 0.4) is 0 Å².